The van der Waals surface area contributed by atoms with Gasteiger partial charge < -0.3 is 10.6 Å². The van der Waals surface area contributed by atoms with E-state index in [-0.39, 0.29) is 5.56 Å². The number of nitrogens with zero attached hydrogens (tertiary/aromatic N) is 1. The number of piperidine rings is 1. The molecule has 5 heteroatoms. The minimum Gasteiger partial charge on any atom is -0.317 e. The molecule has 3 rings (SSSR count). The van der Waals surface area contributed by atoms with E-state index in [1.807, 2.05) is 4.68 Å². The van der Waals surface area contributed by atoms with Gasteiger partial charge in [-0.05, 0) is 31.8 Å². The fourth-order valence-corrected chi connectivity index (χ4v) is 2.84. The summed E-state index contributed by atoms with van der Waals surface area (Å²) in [5.74, 6) is 0.641. The molecule has 5 nitrogen and oxygen atoms in total. The van der Waals surface area contributed by atoms with Gasteiger partial charge in [0.05, 0.1) is 5.56 Å². The van der Waals surface area contributed by atoms with Gasteiger partial charge in [0.2, 0.25) is 0 Å². The Balaban J connectivity index is 1.78. The van der Waals surface area contributed by atoms with Crippen LogP contribution in [-0.4, -0.2) is 29.4 Å². The van der Waals surface area contributed by atoms with Gasteiger partial charge in [0.15, 0.2) is 0 Å². The Morgan fingerprint density at radius 2 is 2.00 bits per heavy atom. The first-order chi connectivity index (χ1) is 8.34. The minimum absolute atomic E-state index is 0.186. The van der Waals surface area contributed by atoms with Crippen LogP contribution in [0.5, 0.6) is 0 Å². The number of H-pyrrole nitrogens is 1. The molecule has 0 amide bonds. The molecule has 1 aromatic rings. The van der Waals surface area contributed by atoms with Gasteiger partial charge in [0, 0.05) is 31.7 Å². The summed E-state index contributed by atoms with van der Waals surface area (Å²) in [4.78, 5) is 12.2. The molecule has 0 unspecified atom stereocenters. The van der Waals surface area contributed by atoms with Crippen molar-refractivity contribution in [2.75, 3.05) is 19.6 Å². The lowest BCUT2D eigenvalue weighted by molar-refractivity contribution is 0.317. The lowest BCUT2D eigenvalue weighted by Crippen LogP contribution is -2.33. The largest absolute Gasteiger partial charge is 0.317 e. The number of rotatable bonds is 2. The fraction of sp³-hybridized carbons (Fsp3) is 0.750. The molecule has 0 bridgehead atoms. The second-order valence-corrected chi connectivity index (χ2v) is 5.10. The maximum atomic E-state index is 12.2. The zero-order valence-electron chi connectivity index (χ0n) is 10.1. The zero-order valence-corrected chi connectivity index (χ0v) is 10.1. The van der Waals surface area contributed by atoms with Crippen molar-refractivity contribution in [2.24, 2.45) is 5.92 Å². The molecule has 3 N–H and O–H groups in total. The molecule has 3 heterocycles. The molecule has 17 heavy (non-hydrogen) atoms. The van der Waals surface area contributed by atoms with Crippen molar-refractivity contribution < 1.29 is 0 Å². The highest BCUT2D eigenvalue weighted by atomic mass is 16.1. The Morgan fingerprint density at radius 1 is 1.18 bits per heavy atom. The predicted molar refractivity (Wildman–Crippen MR) is 66.1 cm³/mol. The summed E-state index contributed by atoms with van der Waals surface area (Å²) in [5, 5.41) is 9.90. The van der Waals surface area contributed by atoms with Gasteiger partial charge in [0.1, 0.15) is 0 Å². The molecule has 94 valence electrons. The Hall–Kier alpha value is -1.07. The number of aromatic amines is 1. The summed E-state index contributed by atoms with van der Waals surface area (Å²) < 4.78 is 1.83. The van der Waals surface area contributed by atoms with E-state index < -0.39 is 0 Å². The molecular formula is C12H20N4O. The number of hydrogen-bond donors (Lipinski definition) is 3. The van der Waals surface area contributed by atoms with E-state index in [1.54, 1.807) is 0 Å². The Labute approximate surface area is 101 Å². The standard InChI is InChI=1S/C12H20N4O/c17-12-10-7-14-6-3-11(10)15-16(12)8-9-1-4-13-5-2-9/h9,13-15H,1-8H2. The molecule has 0 atom stereocenters. The van der Waals surface area contributed by atoms with Crippen LogP contribution < -0.4 is 16.2 Å². The monoisotopic (exact) mass is 236 g/mol. The van der Waals surface area contributed by atoms with Gasteiger partial charge in [-0.2, -0.15) is 0 Å². The molecule has 0 aromatic carbocycles. The number of hydrogen-bond acceptors (Lipinski definition) is 3. The van der Waals surface area contributed by atoms with E-state index in [2.05, 4.69) is 15.7 Å². The topological polar surface area (TPSA) is 61.9 Å². The zero-order chi connectivity index (χ0) is 11.7. The van der Waals surface area contributed by atoms with Crippen LogP contribution in [0.15, 0.2) is 4.79 Å². The average Bonchev–Trinajstić information content (AvgIpc) is 2.68. The maximum Gasteiger partial charge on any atom is 0.271 e. The molecule has 2 aliphatic rings. The number of aromatic nitrogens is 2. The highest BCUT2D eigenvalue weighted by Gasteiger charge is 2.20. The minimum atomic E-state index is 0.186. The van der Waals surface area contributed by atoms with Crippen LogP contribution in [0, 0.1) is 5.92 Å². The number of fused-ring (bicyclic) bond motifs is 1. The second-order valence-electron chi connectivity index (χ2n) is 5.10. The maximum absolute atomic E-state index is 12.2. The van der Waals surface area contributed by atoms with Crippen LogP contribution in [-0.2, 0) is 19.5 Å². The molecule has 0 aliphatic carbocycles. The SMILES string of the molecule is O=c1c2c([nH]n1CC1CCNCC1)CCNC2. The highest BCUT2D eigenvalue weighted by Crippen LogP contribution is 2.14. The smallest absolute Gasteiger partial charge is 0.271 e. The van der Waals surface area contributed by atoms with Crippen LogP contribution in [0.3, 0.4) is 0 Å². The van der Waals surface area contributed by atoms with Crippen molar-refractivity contribution in [3.8, 4) is 0 Å². The predicted octanol–water partition coefficient (Wildman–Crippen LogP) is -0.178. The molecular weight excluding hydrogens is 216 g/mol. The second kappa shape index (κ2) is 4.66. The third-order valence-corrected chi connectivity index (χ3v) is 3.89. The van der Waals surface area contributed by atoms with Crippen LogP contribution in [0.25, 0.3) is 0 Å². The lowest BCUT2D eigenvalue weighted by Gasteiger charge is -2.22. The molecule has 1 saturated heterocycles. The van der Waals surface area contributed by atoms with E-state index in [0.29, 0.717) is 5.92 Å². The summed E-state index contributed by atoms with van der Waals surface area (Å²) >= 11 is 0. The van der Waals surface area contributed by atoms with Crippen LogP contribution in [0.1, 0.15) is 24.1 Å². The van der Waals surface area contributed by atoms with Gasteiger partial charge in [-0.3, -0.25) is 14.6 Å². The molecule has 0 radical (unpaired) electrons. The van der Waals surface area contributed by atoms with Crippen molar-refractivity contribution in [3.05, 3.63) is 21.6 Å². The van der Waals surface area contributed by atoms with E-state index in [9.17, 15) is 4.79 Å². The van der Waals surface area contributed by atoms with E-state index in [0.717, 1.165) is 50.4 Å². The van der Waals surface area contributed by atoms with Crippen LogP contribution >= 0.6 is 0 Å². The Bertz CT molecular complexity index is 442. The van der Waals surface area contributed by atoms with Gasteiger partial charge in [-0.15, -0.1) is 0 Å². The average molecular weight is 236 g/mol. The summed E-state index contributed by atoms with van der Waals surface area (Å²) in [5.41, 5.74) is 2.28. The van der Waals surface area contributed by atoms with Gasteiger partial charge >= 0.3 is 0 Å². The third-order valence-electron chi connectivity index (χ3n) is 3.89. The summed E-state index contributed by atoms with van der Waals surface area (Å²) in [6.07, 6.45) is 3.30. The normalized spacial score (nSPS) is 21.4. The van der Waals surface area contributed by atoms with E-state index in [4.69, 9.17) is 0 Å². The van der Waals surface area contributed by atoms with Gasteiger partial charge in [-0.1, -0.05) is 0 Å². The van der Waals surface area contributed by atoms with Crippen molar-refractivity contribution in [2.45, 2.75) is 32.4 Å². The first-order valence-electron chi connectivity index (χ1n) is 6.56. The number of nitrogens with one attached hydrogen (secondary N) is 3. The molecule has 2 aliphatic heterocycles. The van der Waals surface area contributed by atoms with Gasteiger partial charge in [-0.25, -0.2) is 0 Å². The quantitative estimate of drug-likeness (QED) is 0.667. The third kappa shape index (κ3) is 2.17. The van der Waals surface area contributed by atoms with Crippen LogP contribution in [0.4, 0.5) is 0 Å². The summed E-state index contributed by atoms with van der Waals surface area (Å²) in [7, 11) is 0. The summed E-state index contributed by atoms with van der Waals surface area (Å²) in [6.45, 7) is 4.72. The van der Waals surface area contributed by atoms with E-state index >= 15 is 0 Å². The van der Waals surface area contributed by atoms with Gasteiger partial charge in [0.25, 0.3) is 5.56 Å². The fourth-order valence-electron chi connectivity index (χ4n) is 2.84. The first kappa shape index (κ1) is 11.0. The van der Waals surface area contributed by atoms with E-state index in [1.165, 1.54) is 12.8 Å². The molecule has 1 fully saturated rings. The Kier molecular flexibility index (Phi) is 3.03. The molecule has 1 aromatic heterocycles. The molecule has 0 saturated carbocycles. The van der Waals surface area contributed by atoms with Crippen molar-refractivity contribution >= 4 is 0 Å². The van der Waals surface area contributed by atoms with Crippen LogP contribution in [0.2, 0.25) is 0 Å². The highest BCUT2D eigenvalue weighted by molar-refractivity contribution is 5.19. The lowest BCUT2D eigenvalue weighted by atomic mass is 9.98. The Morgan fingerprint density at radius 3 is 2.76 bits per heavy atom. The van der Waals surface area contributed by atoms with Crippen molar-refractivity contribution in [1.29, 1.82) is 0 Å². The first-order valence-corrected chi connectivity index (χ1v) is 6.56. The van der Waals surface area contributed by atoms with Crippen molar-refractivity contribution in [3.63, 3.8) is 0 Å². The van der Waals surface area contributed by atoms with Crippen molar-refractivity contribution in [1.82, 2.24) is 20.4 Å². The molecule has 0 spiro atoms. The summed E-state index contributed by atoms with van der Waals surface area (Å²) in [6, 6.07) is 0.